The molecule has 0 radical (unpaired) electrons. The highest BCUT2D eigenvalue weighted by atomic mass is 16.2. The van der Waals surface area contributed by atoms with Crippen molar-refractivity contribution in [3.05, 3.63) is 114 Å². The van der Waals surface area contributed by atoms with Crippen LogP contribution >= 0.6 is 0 Å². The highest BCUT2D eigenvalue weighted by Crippen LogP contribution is 2.23. The zero-order valence-corrected chi connectivity index (χ0v) is 25.8. The van der Waals surface area contributed by atoms with E-state index in [1.807, 2.05) is 103 Å². The molecule has 3 amide bonds. The standard InChI is InChI=1S/C36H41N7O3/c37-36(38)39-20-9-16-32-35(46)43(24-31(26-11-3-1-4-12-26)34(45)42-29-14-5-2-6-15-29)21-19-30(41-32)23-40-33(44)28-18-17-25-10-7-8-13-27(25)22-28/h1-8,10-15,17-18,22,30-32,41H,9,16,19-21,23-24H2,(H,40,44)(H,42,45)(H4,37,38,39)/t30-,31?,32-/m1/s1. The van der Waals surface area contributed by atoms with Gasteiger partial charge in [0.1, 0.15) is 0 Å². The third-order valence-electron chi connectivity index (χ3n) is 8.22. The summed E-state index contributed by atoms with van der Waals surface area (Å²) in [7, 11) is 0. The predicted molar refractivity (Wildman–Crippen MR) is 182 cm³/mol. The maximum absolute atomic E-state index is 14.0. The second-order valence-corrected chi connectivity index (χ2v) is 11.5. The summed E-state index contributed by atoms with van der Waals surface area (Å²) in [6.45, 7) is 1.37. The van der Waals surface area contributed by atoms with Gasteiger partial charge in [0.2, 0.25) is 11.8 Å². The molecule has 1 fully saturated rings. The molecular weight excluding hydrogens is 578 g/mol. The van der Waals surface area contributed by atoms with Gasteiger partial charge in [-0.15, -0.1) is 0 Å². The highest BCUT2D eigenvalue weighted by molar-refractivity contribution is 5.99. The molecule has 238 valence electrons. The molecule has 1 aliphatic heterocycles. The first-order chi connectivity index (χ1) is 22.4. The number of para-hydroxylation sites is 1. The molecule has 5 rings (SSSR count). The van der Waals surface area contributed by atoms with Gasteiger partial charge in [-0.3, -0.25) is 19.4 Å². The second kappa shape index (κ2) is 15.7. The average Bonchev–Trinajstić information content (AvgIpc) is 3.22. The van der Waals surface area contributed by atoms with Crippen molar-refractivity contribution in [2.75, 3.05) is 31.5 Å². The van der Waals surface area contributed by atoms with E-state index in [-0.39, 0.29) is 36.3 Å². The fraction of sp³-hybridized carbons (Fsp3) is 0.278. The molecule has 0 saturated carbocycles. The number of fused-ring (bicyclic) bond motifs is 1. The maximum Gasteiger partial charge on any atom is 0.251 e. The third kappa shape index (κ3) is 8.70. The highest BCUT2D eigenvalue weighted by Gasteiger charge is 2.34. The van der Waals surface area contributed by atoms with Crippen LogP contribution in [0, 0.1) is 0 Å². The Labute approximate surface area is 269 Å². The molecule has 0 aliphatic carbocycles. The first-order valence-electron chi connectivity index (χ1n) is 15.7. The quantitative estimate of drug-likeness (QED) is 0.0928. The number of nitrogens with zero attached hydrogens (tertiary/aromatic N) is 2. The number of rotatable bonds is 12. The number of nitrogens with one attached hydrogen (secondary N) is 3. The van der Waals surface area contributed by atoms with Gasteiger partial charge in [0.25, 0.3) is 5.91 Å². The molecule has 4 aromatic rings. The van der Waals surface area contributed by atoms with Crippen LogP contribution < -0.4 is 27.4 Å². The molecule has 1 unspecified atom stereocenters. The Hall–Kier alpha value is -5.22. The SMILES string of the molecule is NC(N)=NCCC[C@H]1N[C@@H](CNC(=O)c2ccc3ccccc3c2)CCN(CC(C(=O)Nc2ccccc2)c2ccccc2)C1=O. The van der Waals surface area contributed by atoms with Crippen LogP contribution in [-0.2, 0) is 9.59 Å². The van der Waals surface area contributed by atoms with Crippen LogP contribution in [0.5, 0.6) is 0 Å². The molecule has 7 N–H and O–H groups in total. The van der Waals surface area contributed by atoms with Gasteiger partial charge in [0.15, 0.2) is 5.96 Å². The van der Waals surface area contributed by atoms with Crippen LogP contribution in [0.15, 0.2) is 108 Å². The Morgan fingerprint density at radius 3 is 2.35 bits per heavy atom. The molecule has 1 saturated heterocycles. The Morgan fingerprint density at radius 1 is 0.913 bits per heavy atom. The largest absolute Gasteiger partial charge is 0.370 e. The smallest absolute Gasteiger partial charge is 0.251 e. The molecule has 4 aromatic carbocycles. The lowest BCUT2D eigenvalue weighted by atomic mass is 9.96. The minimum atomic E-state index is -0.586. The van der Waals surface area contributed by atoms with Crippen molar-refractivity contribution in [3.63, 3.8) is 0 Å². The number of hydrogen-bond acceptors (Lipinski definition) is 5. The van der Waals surface area contributed by atoms with Crippen molar-refractivity contribution in [1.82, 2.24) is 15.5 Å². The molecule has 0 bridgehead atoms. The van der Waals surface area contributed by atoms with E-state index < -0.39 is 12.0 Å². The monoisotopic (exact) mass is 619 g/mol. The Balaban J connectivity index is 1.31. The summed E-state index contributed by atoms with van der Waals surface area (Å²) in [5.74, 6) is -1.04. The number of benzene rings is 4. The van der Waals surface area contributed by atoms with Crippen molar-refractivity contribution < 1.29 is 14.4 Å². The molecule has 1 heterocycles. The normalized spacial score (nSPS) is 17.1. The molecular formula is C36H41N7O3. The van der Waals surface area contributed by atoms with Crippen molar-refractivity contribution in [2.24, 2.45) is 16.5 Å². The lowest BCUT2D eigenvalue weighted by Gasteiger charge is -2.28. The Bertz CT molecular complexity index is 1660. The molecule has 46 heavy (non-hydrogen) atoms. The summed E-state index contributed by atoms with van der Waals surface area (Å²) in [5.41, 5.74) is 13.1. The second-order valence-electron chi connectivity index (χ2n) is 11.5. The molecule has 1 aliphatic rings. The summed E-state index contributed by atoms with van der Waals surface area (Å²) in [5, 5.41) is 11.6. The lowest BCUT2D eigenvalue weighted by molar-refractivity contribution is -0.133. The van der Waals surface area contributed by atoms with Crippen molar-refractivity contribution >= 4 is 40.1 Å². The summed E-state index contributed by atoms with van der Waals surface area (Å²) in [6, 6.07) is 31.7. The lowest BCUT2D eigenvalue weighted by Crippen LogP contribution is -2.49. The van der Waals surface area contributed by atoms with E-state index in [0.717, 1.165) is 16.3 Å². The van der Waals surface area contributed by atoms with Crippen molar-refractivity contribution in [1.29, 1.82) is 0 Å². The van der Waals surface area contributed by atoms with Gasteiger partial charge in [-0.1, -0.05) is 78.9 Å². The van der Waals surface area contributed by atoms with Crippen molar-refractivity contribution in [3.8, 4) is 0 Å². The molecule has 10 nitrogen and oxygen atoms in total. The third-order valence-corrected chi connectivity index (χ3v) is 8.22. The van der Waals surface area contributed by atoms with Crippen molar-refractivity contribution in [2.45, 2.75) is 37.3 Å². The van der Waals surface area contributed by atoms with Gasteiger partial charge < -0.3 is 32.3 Å². The minimum Gasteiger partial charge on any atom is -0.370 e. The zero-order chi connectivity index (χ0) is 32.3. The first kappa shape index (κ1) is 32.2. The molecule has 10 heteroatoms. The van der Waals surface area contributed by atoms with Gasteiger partial charge in [-0.2, -0.15) is 0 Å². The number of guanidine groups is 1. The molecule has 3 atom stereocenters. The van der Waals surface area contributed by atoms with Crippen LogP contribution in [0.3, 0.4) is 0 Å². The van der Waals surface area contributed by atoms with Crippen LogP contribution in [0.4, 0.5) is 5.69 Å². The number of carbonyl (C=O) groups excluding carboxylic acids is 3. The number of carbonyl (C=O) groups is 3. The van der Waals surface area contributed by atoms with Crippen LogP contribution in [-0.4, -0.2) is 66.8 Å². The number of anilines is 1. The van der Waals surface area contributed by atoms with E-state index in [0.29, 0.717) is 50.1 Å². The topological polar surface area (TPSA) is 155 Å². The van der Waals surface area contributed by atoms with Gasteiger partial charge in [0, 0.05) is 43.5 Å². The van der Waals surface area contributed by atoms with Gasteiger partial charge in [-0.05, 0) is 59.9 Å². The van der Waals surface area contributed by atoms with E-state index >= 15 is 0 Å². The number of aliphatic imine (C=N–C) groups is 1. The van der Waals surface area contributed by atoms with E-state index in [9.17, 15) is 14.4 Å². The van der Waals surface area contributed by atoms with E-state index in [4.69, 9.17) is 11.5 Å². The minimum absolute atomic E-state index is 0.00573. The number of nitrogens with two attached hydrogens (primary N) is 2. The van der Waals surface area contributed by atoms with E-state index in [1.165, 1.54) is 0 Å². The van der Waals surface area contributed by atoms with Gasteiger partial charge >= 0.3 is 0 Å². The number of amides is 3. The molecule has 0 spiro atoms. The Kier molecular flexibility index (Phi) is 11.0. The van der Waals surface area contributed by atoms with Crippen LogP contribution in [0.1, 0.15) is 41.1 Å². The zero-order valence-electron chi connectivity index (χ0n) is 25.8. The van der Waals surface area contributed by atoms with Gasteiger partial charge in [-0.25, -0.2) is 0 Å². The fourth-order valence-electron chi connectivity index (χ4n) is 5.78. The summed E-state index contributed by atoms with van der Waals surface area (Å²) >= 11 is 0. The summed E-state index contributed by atoms with van der Waals surface area (Å²) in [6.07, 6.45) is 1.67. The Morgan fingerprint density at radius 2 is 1.61 bits per heavy atom. The van der Waals surface area contributed by atoms with Gasteiger partial charge in [0.05, 0.1) is 12.0 Å². The number of hydrogen-bond donors (Lipinski definition) is 5. The van der Waals surface area contributed by atoms with Crippen LogP contribution in [0.25, 0.3) is 10.8 Å². The average molecular weight is 620 g/mol. The fourth-order valence-corrected chi connectivity index (χ4v) is 5.78. The van der Waals surface area contributed by atoms with E-state index in [2.05, 4.69) is 20.9 Å². The summed E-state index contributed by atoms with van der Waals surface area (Å²) in [4.78, 5) is 46.6. The first-order valence-corrected chi connectivity index (χ1v) is 15.7. The maximum atomic E-state index is 14.0. The molecule has 0 aromatic heterocycles. The van der Waals surface area contributed by atoms with E-state index in [1.54, 1.807) is 4.90 Å². The van der Waals surface area contributed by atoms with Crippen LogP contribution in [0.2, 0.25) is 0 Å². The predicted octanol–water partition coefficient (Wildman–Crippen LogP) is 3.60. The summed E-state index contributed by atoms with van der Waals surface area (Å²) < 4.78 is 0.